The van der Waals surface area contributed by atoms with Gasteiger partial charge in [-0.2, -0.15) is 0 Å². The number of anilines is 1. The third-order valence-electron chi connectivity index (χ3n) is 5.15. The zero-order valence-corrected chi connectivity index (χ0v) is 14.3. The monoisotopic (exact) mass is 370 g/mol. The molecule has 0 saturated carbocycles. The lowest BCUT2D eigenvalue weighted by Gasteiger charge is -2.37. The first-order valence-electron chi connectivity index (χ1n) is 8.20. The van der Waals surface area contributed by atoms with Crippen LogP contribution in [0.3, 0.4) is 0 Å². The van der Waals surface area contributed by atoms with Gasteiger partial charge >= 0.3 is 5.97 Å². The van der Waals surface area contributed by atoms with Crippen LogP contribution in [0.2, 0.25) is 5.02 Å². The van der Waals surface area contributed by atoms with E-state index in [2.05, 4.69) is 5.32 Å². The lowest BCUT2D eigenvalue weighted by Crippen LogP contribution is -2.31. The summed E-state index contributed by atoms with van der Waals surface area (Å²) in [6.45, 7) is 0. The summed E-state index contributed by atoms with van der Waals surface area (Å²) >= 11 is 5.98. The van der Waals surface area contributed by atoms with Crippen molar-refractivity contribution in [2.75, 3.05) is 5.32 Å². The van der Waals surface area contributed by atoms with Crippen molar-refractivity contribution in [2.45, 2.75) is 18.4 Å². The summed E-state index contributed by atoms with van der Waals surface area (Å²) in [6, 6.07) is 9.81. The van der Waals surface area contributed by atoms with Crippen molar-refractivity contribution in [3.8, 4) is 0 Å². The van der Waals surface area contributed by atoms with Gasteiger partial charge in [0, 0.05) is 17.0 Å². The van der Waals surface area contributed by atoms with Crippen molar-refractivity contribution in [1.29, 1.82) is 0 Å². The topological polar surface area (TPSA) is 92.5 Å². The first kappa shape index (κ1) is 16.6. The average molecular weight is 371 g/mol. The second kappa shape index (κ2) is 6.14. The number of carboxylic acids is 1. The maximum atomic E-state index is 11.7. The number of fused-ring (bicyclic) bond motifs is 3. The molecule has 0 bridgehead atoms. The lowest BCUT2D eigenvalue weighted by atomic mass is 9.75. The number of rotatable bonds is 3. The third-order valence-corrected chi connectivity index (χ3v) is 5.40. The Hall–Kier alpha value is -2.86. The Morgan fingerprint density at radius 3 is 2.62 bits per heavy atom. The quantitative estimate of drug-likeness (QED) is 0.461. The van der Waals surface area contributed by atoms with Crippen LogP contribution in [-0.2, 0) is 0 Å². The molecule has 4 rings (SSSR count). The fraction of sp³-hybridized carbons (Fsp3) is 0.211. The number of hydrogen-bond acceptors (Lipinski definition) is 4. The first-order chi connectivity index (χ1) is 12.5. The molecule has 0 saturated heterocycles. The van der Waals surface area contributed by atoms with Gasteiger partial charge in [0.15, 0.2) is 0 Å². The largest absolute Gasteiger partial charge is 0.478 e. The van der Waals surface area contributed by atoms with E-state index in [1.54, 1.807) is 12.1 Å². The molecule has 6 nitrogen and oxygen atoms in total. The predicted octanol–water partition coefficient (Wildman–Crippen LogP) is 4.77. The molecule has 0 unspecified atom stereocenters. The first-order valence-corrected chi connectivity index (χ1v) is 8.58. The Balaban J connectivity index is 1.91. The smallest absolute Gasteiger partial charge is 0.337 e. The van der Waals surface area contributed by atoms with Gasteiger partial charge in [-0.1, -0.05) is 35.9 Å². The molecule has 0 spiro atoms. The Bertz CT molecular complexity index is 939. The van der Waals surface area contributed by atoms with Crippen LogP contribution in [0, 0.1) is 16.0 Å². The highest BCUT2D eigenvalue weighted by atomic mass is 35.5. The van der Waals surface area contributed by atoms with Crippen LogP contribution in [0.4, 0.5) is 11.4 Å². The molecule has 3 atom stereocenters. The molecule has 132 valence electrons. The number of halogens is 1. The summed E-state index contributed by atoms with van der Waals surface area (Å²) in [5.74, 6) is -1.24. The van der Waals surface area contributed by atoms with E-state index in [1.165, 1.54) is 12.1 Å². The van der Waals surface area contributed by atoms with Crippen molar-refractivity contribution in [3.63, 3.8) is 0 Å². The van der Waals surface area contributed by atoms with E-state index in [9.17, 15) is 20.0 Å². The maximum absolute atomic E-state index is 11.7. The molecule has 2 N–H and O–H groups in total. The molecule has 7 heteroatoms. The van der Waals surface area contributed by atoms with Crippen LogP contribution in [0.25, 0.3) is 0 Å². The van der Waals surface area contributed by atoms with Crippen molar-refractivity contribution in [1.82, 2.24) is 0 Å². The second-order valence-corrected chi connectivity index (χ2v) is 6.95. The predicted molar refractivity (Wildman–Crippen MR) is 97.9 cm³/mol. The zero-order chi connectivity index (χ0) is 18.4. The Labute approximate surface area is 154 Å². The number of nitro benzene ring substituents is 1. The Morgan fingerprint density at radius 1 is 1.23 bits per heavy atom. The SMILES string of the molecule is O=C(O)c1ccc([N+](=O)[O-])c2c1N[C@@H](c1ccc(Cl)cc1)[C@@H]1CC=C[C@H]21. The van der Waals surface area contributed by atoms with E-state index in [0.29, 0.717) is 16.3 Å². The van der Waals surface area contributed by atoms with Gasteiger partial charge in [-0.25, -0.2) is 4.79 Å². The van der Waals surface area contributed by atoms with Crippen LogP contribution in [0.5, 0.6) is 0 Å². The van der Waals surface area contributed by atoms with E-state index < -0.39 is 10.9 Å². The zero-order valence-electron chi connectivity index (χ0n) is 13.6. The minimum atomic E-state index is -1.11. The highest BCUT2D eigenvalue weighted by molar-refractivity contribution is 6.30. The molecule has 0 aromatic heterocycles. The van der Waals surface area contributed by atoms with Crippen LogP contribution < -0.4 is 5.32 Å². The van der Waals surface area contributed by atoms with E-state index >= 15 is 0 Å². The summed E-state index contributed by atoms with van der Waals surface area (Å²) in [5.41, 5.74) is 1.76. The lowest BCUT2D eigenvalue weighted by molar-refractivity contribution is -0.385. The highest BCUT2D eigenvalue weighted by Gasteiger charge is 2.43. The number of carbonyl (C=O) groups is 1. The minimum absolute atomic E-state index is 0.0447. The van der Waals surface area contributed by atoms with Crippen molar-refractivity contribution in [3.05, 3.63) is 80.4 Å². The number of nitrogens with one attached hydrogen (secondary N) is 1. The molecule has 1 aliphatic carbocycles. The molecule has 0 amide bonds. The molecule has 2 aliphatic rings. The number of allylic oxidation sites excluding steroid dienone is 2. The van der Waals surface area contributed by atoms with Crippen molar-refractivity contribution in [2.24, 2.45) is 5.92 Å². The summed E-state index contributed by atoms with van der Waals surface area (Å²) in [4.78, 5) is 22.8. The summed E-state index contributed by atoms with van der Waals surface area (Å²) in [5, 5.41) is 25.0. The van der Waals surface area contributed by atoms with E-state index in [4.69, 9.17) is 11.6 Å². The number of nitrogens with zero attached hydrogens (tertiary/aromatic N) is 1. The molecule has 26 heavy (non-hydrogen) atoms. The van der Waals surface area contributed by atoms with Gasteiger partial charge in [0.2, 0.25) is 0 Å². The van der Waals surface area contributed by atoms with Crippen molar-refractivity contribution < 1.29 is 14.8 Å². The van der Waals surface area contributed by atoms with Gasteiger partial charge < -0.3 is 10.4 Å². The second-order valence-electron chi connectivity index (χ2n) is 6.51. The number of aromatic carboxylic acids is 1. The van der Waals surface area contributed by atoms with Gasteiger partial charge in [0.05, 0.1) is 27.8 Å². The summed E-state index contributed by atoms with van der Waals surface area (Å²) in [6.07, 6.45) is 4.72. The Morgan fingerprint density at radius 2 is 1.96 bits per heavy atom. The third kappa shape index (κ3) is 2.54. The van der Waals surface area contributed by atoms with Gasteiger partial charge in [0.25, 0.3) is 5.69 Å². The summed E-state index contributed by atoms with van der Waals surface area (Å²) < 4.78 is 0. The van der Waals surface area contributed by atoms with Crippen LogP contribution in [0.15, 0.2) is 48.6 Å². The maximum Gasteiger partial charge on any atom is 0.337 e. The molecule has 1 aliphatic heterocycles. The number of benzene rings is 2. The van der Waals surface area contributed by atoms with Crippen LogP contribution in [0.1, 0.15) is 39.9 Å². The standard InChI is InChI=1S/C19H15ClN2O4/c20-11-6-4-10(5-7-11)17-13-3-1-2-12(13)16-15(22(25)26)9-8-14(19(23)24)18(16)21-17/h1-2,4-9,12-13,17,21H,3H2,(H,23,24)/t12-,13+,17-/m0/s1. The van der Waals surface area contributed by atoms with Crippen molar-refractivity contribution >= 4 is 28.9 Å². The van der Waals surface area contributed by atoms with Gasteiger partial charge in [-0.15, -0.1) is 0 Å². The molecular weight excluding hydrogens is 356 g/mol. The minimum Gasteiger partial charge on any atom is -0.478 e. The average Bonchev–Trinajstić information content (AvgIpc) is 3.10. The van der Waals surface area contributed by atoms with E-state index in [-0.39, 0.29) is 29.1 Å². The number of hydrogen-bond donors (Lipinski definition) is 2. The number of nitro groups is 1. The van der Waals surface area contributed by atoms with Gasteiger partial charge in [0.1, 0.15) is 0 Å². The molecule has 1 heterocycles. The van der Waals surface area contributed by atoms with Crippen LogP contribution >= 0.6 is 11.6 Å². The molecule has 2 aromatic carbocycles. The van der Waals surface area contributed by atoms with E-state index in [0.717, 1.165) is 12.0 Å². The fourth-order valence-electron chi connectivity index (χ4n) is 4.03. The fourth-order valence-corrected chi connectivity index (χ4v) is 4.15. The van der Waals surface area contributed by atoms with Crippen LogP contribution in [-0.4, -0.2) is 16.0 Å². The molecule has 2 aromatic rings. The van der Waals surface area contributed by atoms with Gasteiger partial charge in [-0.05, 0) is 36.1 Å². The molecular formula is C19H15ClN2O4. The van der Waals surface area contributed by atoms with E-state index in [1.807, 2.05) is 24.3 Å². The Kier molecular flexibility index (Phi) is 3.92. The molecule has 0 fully saturated rings. The van der Waals surface area contributed by atoms with Gasteiger partial charge in [-0.3, -0.25) is 10.1 Å². The molecule has 0 radical (unpaired) electrons. The normalized spacial score (nSPS) is 23.0. The summed E-state index contributed by atoms with van der Waals surface area (Å²) in [7, 11) is 0. The number of carboxylic acid groups (broad SMARTS) is 1. The highest BCUT2D eigenvalue weighted by Crippen LogP contribution is 2.53.